The molecule has 2 rings (SSSR count). The molecule has 7 heteroatoms. The molecule has 0 radical (unpaired) electrons. The summed E-state index contributed by atoms with van der Waals surface area (Å²) < 4.78 is 28.2. The summed E-state index contributed by atoms with van der Waals surface area (Å²) in [6.07, 6.45) is 0.915. The first-order valence-corrected chi connectivity index (χ1v) is 8.12. The Labute approximate surface area is 131 Å². The van der Waals surface area contributed by atoms with Crippen LogP contribution in [0.2, 0.25) is 0 Å². The lowest BCUT2D eigenvalue weighted by Crippen LogP contribution is -2.43. The highest BCUT2D eigenvalue weighted by atomic mass is 32.2. The van der Waals surface area contributed by atoms with Crippen molar-refractivity contribution in [3.05, 3.63) is 35.9 Å². The molecule has 6 nitrogen and oxygen atoms in total. The van der Waals surface area contributed by atoms with Crippen molar-refractivity contribution in [2.45, 2.75) is 37.2 Å². The van der Waals surface area contributed by atoms with Crippen molar-refractivity contribution in [2.75, 3.05) is 0 Å². The van der Waals surface area contributed by atoms with Crippen LogP contribution >= 0.6 is 0 Å². The quantitative estimate of drug-likeness (QED) is 0.376. The molecule has 0 saturated heterocycles. The van der Waals surface area contributed by atoms with Gasteiger partial charge in [0.05, 0.1) is 5.25 Å². The second-order valence-electron chi connectivity index (χ2n) is 5.57. The Hall–Kier alpha value is -1.57. The molecular weight excluding hydrogens is 306 g/mol. The maximum Gasteiger partial charge on any atom is 0.304 e. The van der Waals surface area contributed by atoms with Crippen LogP contribution in [0.25, 0.3) is 0 Å². The summed E-state index contributed by atoms with van der Waals surface area (Å²) in [6.45, 7) is 1.25. The van der Waals surface area contributed by atoms with Gasteiger partial charge in [0.1, 0.15) is 0 Å². The zero-order chi connectivity index (χ0) is 16.3. The number of rotatable bonds is 5. The lowest BCUT2D eigenvalue weighted by Gasteiger charge is -2.27. The summed E-state index contributed by atoms with van der Waals surface area (Å²) in [5.74, 6) is -1.43. The predicted molar refractivity (Wildman–Crippen MR) is 79.5 cm³/mol. The Bertz CT molecular complexity index is 591. The molecule has 1 saturated carbocycles. The molecule has 1 aliphatic rings. The molecule has 0 aliphatic heterocycles. The number of esters is 1. The van der Waals surface area contributed by atoms with E-state index in [9.17, 15) is 18.4 Å². The van der Waals surface area contributed by atoms with Crippen molar-refractivity contribution in [2.24, 2.45) is 11.7 Å². The van der Waals surface area contributed by atoms with Crippen LogP contribution in [0.3, 0.4) is 0 Å². The van der Waals surface area contributed by atoms with Gasteiger partial charge in [-0.1, -0.05) is 30.3 Å². The first kappa shape index (κ1) is 16.8. The molecule has 4 atom stereocenters. The van der Waals surface area contributed by atoms with Crippen LogP contribution in [0.1, 0.15) is 36.5 Å². The molecular formula is C15H18NO5S-. The number of carbonyl (C=O) groups excluding carboxylic acids is 2. The van der Waals surface area contributed by atoms with E-state index in [1.165, 1.54) is 6.92 Å². The van der Waals surface area contributed by atoms with Crippen molar-refractivity contribution < 1.29 is 23.1 Å². The third-order valence-electron chi connectivity index (χ3n) is 3.85. The molecule has 1 fully saturated rings. The number of ketones is 1. The minimum Gasteiger partial charge on any atom is -0.772 e. The summed E-state index contributed by atoms with van der Waals surface area (Å²) in [7, 11) is 0. The van der Waals surface area contributed by atoms with Gasteiger partial charge < -0.3 is 9.29 Å². The van der Waals surface area contributed by atoms with E-state index in [0.717, 1.165) is 0 Å². The molecule has 0 spiro atoms. The zero-order valence-corrected chi connectivity index (χ0v) is 13.0. The fourth-order valence-electron chi connectivity index (χ4n) is 2.94. The average molecular weight is 324 g/mol. The van der Waals surface area contributed by atoms with Gasteiger partial charge in [-0.15, -0.1) is 0 Å². The molecule has 2 N–H and O–H groups in total. The van der Waals surface area contributed by atoms with E-state index in [2.05, 4.69) is 0 Å². The first-order chi connectivity index (χ1) is 10.3. The Kier molecular flexibility index (Phi) is 5.10. The summed E-state index contributed by atoms with van der Waals surface area (Å²) in [5.41, 5.74) is 5.13. The van der Waals surface area contributed by atoms with Crippen molar-refractivity contribution in [1.29, 1.82) is 0 Å². The van der Waals surface area contributed by atoms with Gasteiger partial charge in [0.15, 0.2) is 11.5 Å². The number of benzene rings is 1. The average Bonchev–Trinajstić information content (AvgIpc) is 2.80. The highest BCUT2D eigenvalue weighted by Gasteiger charge is 2.44. The number of ether oxygens (including phenoxy) is 1. The van der Waals surface area contributed by atoms with Gasteiger partial charge in [-0.2, -0.15) is 0 Å². The number of carbonyl (C=O) groups is 2. The number of Topliss-reactive ketones (excluding diaryl/α,β-unsaturated/α-hetero) is 1. The highest BCUT2D eigenvalue weighted by molar-refractivity contribution is 7.80. The van der Waals surface area contributed by atoms with Crippen LogP contribution < -0.4 is 5.73 Å². The number of nitrogens with two attached hydrogens (primary N) is 1. The largest absolute Gasteiger partial charge is 0.772 e. The van der Waals surface area contributed by atoms with E-state index in [1.54, 1.807) is 30.3 Å². The van der Waals surface area contributed by atoms with Gasteiger partial charge in [-0.05, 0) is 23.4 Å². The van der Waals surface area contributed by atoms with E-state index in [-0.39, 0.29) is 6.42 Å². The first-order valence-electron chi connectivity index (χ1n) is 6.98. The molecule has 1 aliphatic carbocycles. The summed E-state index contributed by atoms with van der Waals surface area (Å²) in [6, 6.07) is 8.27. The van der Waals surface area contributed by atoms with Crippen molar-refractivity contribution in [3.63, 3.8) is 0 Å². The van der Waals surface area contributed by atoms with Gasteiger partial charge in [-0.25, -0.2) is 0 Å². The molecule has 22 heavy (non-hydrogen) atoms. The molecule has 2 unspecified atom stereocenters. The van der Waals surface area contributed by atoms with Crippen LogP contribution in [0.5, 0.6) is 0 Å². The Morgan fingerprint density at radius 2 is 2.05 bits per heavy atom. The summed E-state index contributed by atoms with van der Waals surface area (Å²) >= 11 is -2.57. The fourth-order valence-corrected chi connectivity index (χ4v) is 3.80. The molecule has 0 bridgehead atoms. The maximum absolute atomic E-state index is 12.5. The van der Waals surface area contributed by atoms with Crippen LogP contribution in [-0.2, 0) is 20.6 Å². The maximum atomic E-state index is 12.5. The minimum atomic E-state index is -2.57. The van der Waals surface area contributed by atoms with Crippen LogP contribution in [0, 0.1) is 5.92 Å². The van der Waals surface area contributed by atoms with Crippen molar-refractivity contribution in [3.8, 4) is 0 Å². The smallest absolute Gasteiger partial charge is 0.304 e. The minimum absolute atomic E-state index is 0.157. The van der Waals surface area contributed by atoms with Gasteiger partial charge in [-0.3, -0.25) is 19.5 Å². The van der Waals surface area contributed by atoms with E-state index in [0.29, 0.717) is 18.4 Å². The molecule has 0 amide bonds. The second kappa shape index (κ2) is 6.68. The standard InChI is InChI=1S/C15H19NO5S/c1-10(17)21-15(16)8-7-12(9-15)14(22(19)20)13(18)11-5-3-2-4-6-11/h2-6,12,14H,7-9,16H2,1H3,(H,19,20)/p-1/t12-,14?,15+/m0/s1. The highest BCUT2D eigenvalue weighted by Crippen LogP contribution is 2.38. The Balaban J connectivity index is 2.18. The van der Waals surface area contributed by atoms with Gasteiger partial charge in [0.25, 0.3) is 0 Å². The zero-order valence-electron chi connectivity index (χ0n) is 12.2. The SMILES string of the molecule is CC(=O)O[C@]1(N)CC[C@H](C(C(=O)c2ccccc2)S(=O)[O-])C1. The van der Waals surface area contributed by atoms with E-state index in [4.69, 9.17) is 10.5 Å². The normalized spacial score (nSPS) is 27.1. The van der Waals surface area contributed by atoms with Crippen LogP contribution in [-0.4, -0.2) is 31.5 Å². The third kappa shape index (κ3) is 3.79. The monoisotopic (exact) mass is 324 g/mol. The van der Waals surface area contributed by atoms with E-state index in [1.807, 2.05) is 0 Å². The molecule has 120 valence electrons. The van der Waals surface area contributed by atoms with E-state index >= 15 is 0 Å². The molecule has 1 aromatic carbocycles. The lowest BCUT2D eigenvalue weighted by atomic mass is 9.95. The predicted octanol–water partition coefficient (Wildman–Crippen LogP) is 1.14. The third-order valence-corrected chi connectivity index (χ3v) is 4.86. The Morgan fingerprint density at radius 3 is 2.59 bits per heavy atom. The molecule has 1 aromatic rings. The number of hydrogen-bond acceptors (Lipinski definition) is 6. The van der Waals surface area contributed by atoms with Crippen molar-refractivity contribution in [1.82, 2.24) is 0 Å². The topological polar surface area (TPSA) is 110 Å². The van der Waals surface area contributed by atoms with E-state index < -0.39 is 39.7 Å². The van der Waals surface area contributed by atoms with Crippen molar-refractivity contribution >= 4 is 22.8 Å². The summed E-state index contributed by atoms with van der Waals surface area (Å²) in [4.78, 5) is 23.5. The fraction of sp³-hybridized carbons (Fsp3) is 0.467. The molecule has 0 heterocycles. The van der Waals surface area contributed by atoms with Gasteiger partial charge >= 0.3 is 5.97 Å². The van der Waals surface area contributed by atoms with Gasteiger partial charge in [0.2, 0.25) is 0 Å². The van der Waals surface area contributed by atoms with Gasteiger partial charge in [0, 0.05) is 25.3 Å². The van der Waals surface area contributed by atoms with Crippen LogP contribution in [0.4, 0.5) is 0 Å². The molecule has 0 aromatic heterocycles. The van der Waals surface area contributed by atoms with Crippen LogP contribution in [0.15, 0.2) is 30.3 Å². The summed E-state index contributed by atoms with van der Waals surface area (Å²) in [5, 5.41) is -1.18. The second-order valence-corrected chi connectivity index (χ2v) is 6.60. The lowest BCUT2D eigenvalue weighted by molar-refractivity contribution is -0.156. The number of hydrogen-bond donors (Lipinski definition) is 1. The Morgan fingerprint density at radius 1 is 1.41 bits per heavy atom.